The number of benzene rings is 2. The number of esters is 2. The van der Waals surface area contributed by atoms with Crippen molar-refractivity contribution in [2.75, 3.05) is 14.2 Å². The summed E-state index contributed by atoms with van der Waals surface area (Å²) in [4.78, 5) is 31.7. The molecule has 10 heteroatoms. The van der Waals surface area contributed by atoms with Crippen LogP contribution in [0, 0.1) is 0 Å². The zero-order chi connectivity index (χ0) is 21.8. The van der Waals surface area contributed by atoms with Gasteiger partial charge in [-0.25, -0.2) is 14.2 Å². The van der Waals surface area contributed by atoms with E-state index in [2.05, 4.69) is 9.97 Å². The number of hydrogen-bond donors (Lipinski definition) is 0. The van der Waals surface area contributed by atoms with Gasteiger partial charge < -0.3 is 18.9 Å². The summed E-state index contributed by atoms with van der Waals surface area (Å²) in [6.07, 6.45) is 2.74. The highest BCUT2D eigenvalue weighted by Crippen LogP contribution is 2.52. The second-order valence-corrected chi connectivity index (χ2v) is 7.30. The van der Waals surface area contributed by atoms with Crippen LogP contribution < -0.4 is 18.9 Å². The van der Waals surface area contributed by atoms with E-state index >= 15 is 0 Å². The lowest BCUT2D eigenvalue weighted by atomic mass is 10.1. The number of carbonyl (C=O) groups is 2. The highest BCUT2D eigenvalue weighted by molar-refractivity contribution is 7.85. The SMILES string of the molecule is COc1c(OC)c(OC(C)=O)c2c(S(=O)c3ccncn3)cccc2c1OC(C)=O. The lowest BCUT2D eigenvalue weighted by Gasteiger charge is -2.20. The standard InChI is InChI=1S/C20H18N2O7S/c1-11(23)28-17-13-6-5-7-14(30(25)15-8-9-21-10-22-15)16(13)18(29-12(2)24)20(27-4)19(17)26-3/h5-10H,1-4H3. The highest BCUT2D eigenvalue weighted by Gasteiger charge is 2.29. The van der Waals surface area contributed by atoms with Crippen LogP contribution in [-0.4, -0.2) is 40.3 Å². The van der Waals surface area contributed by atoms with E-state index in [-0.39, 0.29) is 38.3 Å². The number of nitrogens with zero attached hydrogens (tertiary/aromatic N) is 2. The van der Waals surface area contributed by atoms with Crippen molar-refractivity contribution < 1.29 is 32.7 Å². The van der Waals surface area contributed by atoms with Gasteiger partial charge in [0.15, 0.2) is 11.5 Å². The van der Waals surface area contributed by atoms with Gasteiger partial charge in [-0.3, -0.25) is 9.59 Å². The molecule has 0 spiro atoms. The van der Waals surface area contributed by atoms with E-state index in [0.717, 1.165) is 0 Å². The Morgan fingerprint density at radius 3 is 2.10 bits per heavy atom. The minimum Gasteiger partial charge on any atom is -0.490 e. The first-order valence-corrected chi connectivity index (χ1v) is 9.79. The van der Waals surface area contributed by atoms with Crippen LogP contribution in [0.3, 0.4) is 0 Å². The summed E-state index contributed by atoms with van der Waals surface area (Å²) >= 11 is 0. The number of ether oxygens (including phenoxy) is 4. The molecule has 0 amide bonds. The van der Waals surface area contributed by atoms with E-state index < -0.39 is 22.7 Å². The Hall–Kier alpha value is -3.53. The molecule has 1 unspecified atom stereocenters. The monoisotopic (exact) mass is 430 g/mol. The van der Waals surface area contributed by atoms with Gasteiger partial charge in [0.25, 0.3) is 0 Å². The molecule has 3 rings (SSSR count). The lowest BCUT2D eigenvalue weighted by molar-refractivity contribution is -0.133. The Labute approximate surface area is 174 Å². The molecule has 2 aromatic carbocycles. The fourth-order valence-electron chi connectivity index (χ4n) is 2.91. The number of hydrogen-bond acceptors (Lipinski definition) is 9. The zero-order valence-corrected chi connectivity index (χ0v) is 17.4. The third kappa shape index (κ3) is 3.94. The second kappa shape index (κ2) is 8.87. The molecule has 1 heterocycles. The first-order valence-electron chi connectivity index (χ1n) is 8.64. The summed E-state index contributed by atoms with van der Waals surface area (Å²) in [5, 5.41) is 0.854. The van der Waals surface area contributed by atoms with Crippen LogP contribution in [0.1, 0.15) is 13.8 Å². The van der Waals surface area contributed by atoms with Crippen LogP contribution in [0.15, 0.2) is 46.7 Å². The molecule has 0 saturated carbocycles. The van der Waals surface area contributed by atoms with Crippen LogP contribution in [0.4, 0.5) is 0 Å². The van der Waals surface area contributed by atoms with Crippen LogP contribution in [0.25, 0.3) is 10.8 Å². The maximum atomic E-state index is 13.3. The number of carbonyl (C=O) groups excluding carboxylic acids is 2. The molecule has 9 nitrogen and oxygen atoms in total. The molecule has 30 heavy (non-hydrogen) atoms. The molecule has 0 radical (unpaired) electrons. The molecule has 3 aromatic rings. The van der Waals surface area contributed by atoms with E-state index in [1.165, 1.54) is 46.7 Å². The maximum absolute atomic E-state index is 13.3. The zero-order valence-electron chi connectivity index (χ0n) is 16.6. The predicted molar refractivity (Wildman–Crippen MR) is 106 cm³/mol. The lowest BCUT2D eigenvalue weighted by Crippen LogP contribution is -2.09. The number of aromatic nitrogens is 2. The molecule has 0 aliphatic carbocycles. The van der Waals surface area contributed by atoms with Crippen molar-refractivity contribution in [3.8, 4) is 23.0 Å². The van der Waals surface area contributed by atoms with Crippen LogP contribution in [0.5, 0.6) is 23.0 Å². The molecular weight excluding hydrogens is 412 g/mol. The van der Waals surface area contributed by atoms with Crippen molar-refractivity contribution in [3.63, 3.8) is 0 Å². The fourth-order valence-corrected chi connectivity index (χ4v) is 4.05. The van der Waals surface area contributed by atoms with Crippen molar-refractivity contribution in [1.29, 1.82) is 0 Å². The normalized spacial score (nSPS) is 11.6. The Balaban J connectivity index is 2.46. The topological polar surface area (TPSA) is 114 Å². The molecular formula is C20H18N2O7S. The fraction of sp³-hybridized carbons (Fsp3) is 0.200. The van der Waals surface area contributed by atoms with Gasteiger partial charge in [0.05, 0.1) is 19.1 Å². The molecule has 0 N–H and O–H groups in total. The largest absolute Gasteiger partial charge is 0.490 e. The van der Waals surface area contributed by atoms with Gasteiger partial charge in [-0.2, -0.15) is 0 Å². The molecule has 156 valence electrons. The summed E-state index contributed by atoms with van der Waals surface area (Å²) in [6.45, 7) is 2.46. The smallest absolute Gasteiger partial charge is 0.308 e. The molecule has 1 atom stereocenters. The first-order chi connectivity index (χ1) is 14.4. The van der Waals surface area contributed by atoms with Gasteiger partial charge in [-0.05, 0) is 12.1 Å². The summed E-state index contributed by atoms with van der Waals surface area (Å²) in [5.74, 6) is -1.11. The third-order valence-corrected chi connectivity index (χ3v) is 5.32. The number of fused-ring (bicyclic) bond motifs is 1. The Morgan fingerprint density at radius 1 is 0.900 bits per heavy atom. The molecule has 0 fully saturated rings. The van der Waals surface area contributed by atoms with E-state index in [4.69, 9.17) is 18.9 Å². The maximum Gasteiger partial charge on any atom is 0.308 e. The number of rotatable bonds is 6. The molecule has 0 bridgehead atoms. The van der Waals surface area contributed by atoms with Gasteiger partial charge in [0, 0.05) is 30.8 Å². The Bertz CT molecular complexity index is 1150. The van der Waals surface area contributed by atoms with Gasteiger partial charge in [0.1, 0.15) is 22.2 Å². The molecule has 0 aliphatic rings. The quantitative estimate of drug-likeness (QED) is 0.331. The second-order valence-electron chi connectivity index (χ2n) is 5.91. The molecule has 0 aliphatic heterocycles. The summed E-state index contributed by atoms with van der Waals surface area (Å²) < 4.78 is 34.9. The number of methoxy groups -OCH3 is 2. The average Bonchev–Trinajstić information content (AvgIpc) is 2.73. The van der Waals surface area contributed by atoms with Crippen molar-refractivity contribution >= 4 is 33.5 Å². The van der Waals surface area contributed by atoms with Crippen LogP contribution in [0.2, 0.25) is 0 Å². The van der Waals surface area contributed by atoms with Crippen molar-refractivity contribution in [2.45, 2.75) is 23.8 Å². The Kier molecular flexibility index (Phi) is 6.26. The Morgan fingerprint density at radius 2 is 1.53 bits per heavy atom. The van der Waals surface area contributed by atoms with Crippen molar-refractivity contribution in [2.24, 2.45) is 0 Å². The van der Waals surface area contributed by atoms with E-state index in [1.807, 2.05) is 0 Å². The van der Waals surface area contributed by atoms with Gasteiger partial charge >= 0.3 is 11.9 Å². The summed E-state index contributed by atoms with van der Waals surface area (Å²) in [7, 11) is 0.938. The minimum absolute atomic E-state index is 0.00856. The van der Waals surface area contributed by atoms with Crippen LogP contribution >= 0.6 is 0 Å². The summed E-state index contributed by atoms with van der Waals surface area (Å²) in [6, 6.07) is 6.36. The van der Waals surface area contributed by atoms with E-state index in [0.29, 0.717) is 5.39 Å². The van der Waals surface area contributed by atoms with E-state index in [9.17, 15) is 13.8 Å². The molecule has 0 saturated heterocycles. The highest BCUT2D eigenvalue weighted by atomic mass is 32.2. The minimum atomic E-state index is -1.77. The van der Waals surface area contributed by atoms with Crippen molar-refractivity contribution in [1.82, 2.24) is 9.97 Å². The van der Waals surface area contributed by atoms with Gasteiger partial charge in [0.2, 0.25) is 11.5 Å². The van der Waals surface area contributed by atoms with E-state index in [1.54, 1.807) is 18.2 Å². The third-order valence-electron chi connectivity index (χ3n) is 3.96. The average molecular weight is 430 g/mol. The van der Waals surface area contributed by atoms with Crippen molar-refractivity contribution in [3.05, 3.63) is 36.8 Å². The first kappa shape index (κ1) is 21.2. The van der Waals surface area contributed by atoms with Crippen LogP contribution in [-0.2, 0) is 20.4 Å². The van der Waals surface area contributed by atoms with Gasteiger partial charge in [-0.1, -0.05) is 12.1 Å². The van der Waals surface area contributed by atoms with Gasteiger partial charge in [-0.15, -0.1) is 0 Å². The predicted octanol–water partition coefficient (Wildman–Crippen LogP) is 2.66. The summed E-state index contributed by atoms with van der Waals surface area (Å²) in [5.41, 5.74) is 0. The molecule has 1 aromatic heterocycles.